The van der Waals surface area contributed by atoms with E-state index in [-0.39, 0.29) is 24.6 Å². The van der Waals surface area contributed by atoms with Crippen LogP contribution in [0, 0.1) is 6.92 Å². The molecule has 0 unspecified atom stereocenters. The van der Waals surface area contributed by atoms with Gasteiger partial charge >= 0.3 is 0 Å². The lowest BCUT2D eigenvalue weighted by Gasteiger charge is -2.14. The van der Waals surface area contributed by atoms with Gasteiger partial charge in [-0.05, 0) is 30.7 Å². The summed E-state index contributed by atoms with van der Waals surface area (Å²) >= 11 is 6.18. The first kappa shape index (κ1) is 17.2. The van der Waals surface area contributed by atoms with Gasteiger partial charge in [-0.25, -0.2) is 4.57 Å². The number of halogens is 1. The van der Waals surface area contributed by atoms with Crippen molar-refractivity contribution >= 4 is 28.6 Å². The highest BCUT2D eigenvalue weighted by Gasteiger charge is 2.16. The van der Waals surface area contributed by atoms with Crippen LogP contribution in [0.25, 0.3) is 16.5 Å². The van der Waals surface area contributed by atoms with Crippen LogP contribution in [0.2, 0.25) is 5.02 Å². The molecule has 0 saturated carbocycles. The van der Waals surface area contributed by atoms with Crippen LogP contribution >= 0.6 is 11.6 Å². The third-order valence-corrected chi connectivity index (χ3v) is 4.37. The van der Waals surface area contributed by atoms with Crippen LogP contribution in [0.5, 0.6) is 5.88 Å². The van der Waals surface area contributed by atoms with Crippen molar-refractivity contribution in [3.8, 4) is 11.6 Å². The van der Waals surface area contributed by atoms with E-state index in [9.17, 15) is 9.90 Å². The molecule has 3 rings (SSSR count). The van der Waals surface area contributed by atoms with Gasteiger partial charge in [0.05, 0.1) is 24.4 Å². The molecule has 0 aliphatic heterocycles. The van der Waals surface area contributed by atoms with E-state index in [1.54, 1.807) is 42.5 Å². The molecule has 3 aromatic rings. The van der Waals surface area contributed by atoms with Crippen LogP contribution in [0.15, 0.2) is 52.3 Å². The van der Waals surface area contributed by atoms with Gasteiger partial charge in [0.25, 0.3) is 5.56 Å². The highest BCUT2D eigenvalue weighted by atomic mass is 35.5. The van der Waals surface area contributed by atoms with E-state index in [1.807, 2.05) is 6.92 Å². The maximum atomic E-state index is 12.9. The minimum Gasteiger partial charge on any atom is -0.494 e. The number of aromatic nitrogens is 1. The van der Waals surface area contributed by atoms with Crippen LogP contribution < -0.4 is 5.56 Å². The fraction of sp³-hybridized carbons (Fsp3) is 0.158. The van der Waals surface area contributed by atoms with Gasteiger partial charge in [0.2, 0.25) is 5.88 Å². The van der Waals surface area contributed by atoms with Crippen molar-refractivity contribution in [3.63, 3.8) is 0 Å². The maximum absolute atomic E-state index is 12.9. The molecule has 128 valence electrons. The first-order valence-electron chi connectivity index (χ1n) is 7.78. The summed E-state index contributed by atoms with van der Waals surface area (Å²) in [7, 11) is 0. The predicted molar refractivity (Wildman–Crippen MR) is 101 cm³/mol. The smallest absolute Gasteiger partial charge is 0.265 e. The second-order valence-corrected chi connectivity index (χ2v) is 6.02. The Morgan fingerprint density at radius 1 is 1.20 bits per heavy atom. The van der Waals surface area contributed by atoms with Gasteiger partial charge in [0.1, 0.15) is 0 Å². The molecule has 25 heavy (non-hydrogen) atoms. The molecule has 1 aromatic heterocycles. The molecular weight excluding hydrogens is 340 g/mol. The number of hydrogen-bond donors (Lipinski definition) is 2. The number of aliphatic hydroxyl groups is 1. The van der Waals surface area contributed by atoms with Crippen LogP contribution in [-0.2, 0) is 0 Å². The minimum absolute atomic E-state index is 0.0948. The van der Waals surface area contributed by atoms with Gasteiger partial charge in [0.15, 0.2) is 0 Å². The first-order chi connectivity index (χ1) is 12.0. The molecule has 2 aromatic carbocycles. The first-order valence-corrected chi connectivity index (χ1v) is 8.16. The third kappa shape index (κ3) is 3.16. The van der Waals surface area contributed by atoms with Crippen molar-refractivity contribution in [2.75, 3.05) is 13.2 Å². The van der Waals surface area contributed by atoms with Crippen molar-refractivity contribution in [2.24, 2.45) is 4.99 Å². The predicted octanol–water partition coefficient (Wildman–Crippen LogP) is 3.07. The Labute approximate surface area is 149 Å². The topological polar surface area (TPSA) is 74.8 Å². The number of aliphatic hydroxyl groups excluding tert-OH is 1. The van der Waals surface area contributed by atoms with Gasteiger partial charge in [0, 0.05) is 22.0 Å². The number of hydrogen-bond acceptors (Lipinski definition) is 4. The highest BCUT2D eigenvalue weighted by Crippen LogP contribution is 2.27. The minimum atomic E-state index is -0.340. The van der Waals surface area contributed by atoms with E-state index in [1.165, 1.54) is 10.8 Å². The second-order valence-electron chi connectivity index (χ2n) is 5.62. The van der Waals surface area contributed by atoms with Gasteiger partial charge in [-0.2, -0.15) is 0 Å². The molecule has 0 amide bonds. The van der Waals surface area contributed by atoms with Crippen LogP contribution in [-0.4, -0.2) is 34.1 Å². The molecule has 0 aliphatic carbocycles. The summed E-state index contributed by atoms with van der Waals surface area (Å²) in [6.45, 7) is 1.98. The van der Waals surface area contributed by atoms with E-state index in [0.717, 1.165) is 5.56 Å². The molecule has 0 fully saturated rings. The summed E-state index contributed by atoms with van der Waals surface area (Å²) in [5, 5.41) is 21.2. The summed E-state index contributed by atoms with van der Waals surface area (Å²) in [6.07, 6.45) is 1.47. The monoisotopic (exact) mass is 356 g/mol. The average Bonchev–Trinajstić information content (AvgIpc) is 2.61. The Morgan fingerprint density at radius 3 is 2.60 bits per heavy atom. The molecule has 0 saturated heterocycles. The number of aliphatic imine (C=N–C) groups is 1. The average molecular weight is 357 g/mol. The fourth-order valence-corrected chi connectivity index (χ4v) is 2.84. The second kappa shape index (κ2) is 7.09. The zero-order chi connectivity index (χ0) is 18.0. The number of rotatable bonds is 4. The molecule has 0 atom stereocenters. The normalized spacial score (nSPS) is 11.5. The van der Waals surface area contributed by atoms with Gasteiger partial charge in [-0.1, -0.05) is 35.9 Å². The molecule has 0 radical (unpaired) electrons. The number of aromatic hydroxyl groups is 1. The molecule has 5 nitrogen and oxygen atoms in total. The summed E-state index contributed by atoms with van der Waals surface area (Å²) in [5.74, 6) is -0.217. The zero-order valence-electron chi connectivity index (χ0n) is 13.6. The lowest BCUT2D eigenvalue weighted by molar-refractivity contribution is 0.307. The summed E-state index contributed by atoms with van der Waals surface area (Å²) in [6, 6.07) is 12.2. The van der Waals surface area contributed by atoms with Crippen LogP contribution in [0.1, 0.15) is 11.1 Å². The van der Waals surface area contributed by atoms with Crippen molar-refractivity contribution in [1.29, 1.82) is 0 Å². The number of fused-ring (bicyclic) bond motifs is 1. The van der Waals surface area contributed by atoms with Crippen LogP contribution in [0.4, 0.5) is 0 Å². The number of nitrogens with zero attached hydrogens (tertiary/aromatic N) is 2. The van der Waals surface area contributed by atoms with Crippen molar-refractivity contribution < 1.29 is 10.2 Å². The van der Waals surface area contributed by atoms with Crippen molar-refractivity contribution in [3.05, 3.63) is 69.0 Å². The zero-order valence-corrected chi connectivity index (χ0v) is 14.4. The molecule has 1 heterocycles. The van der Waals surface area contributed by atoms with Gasteiger partial charge in [-0.3, -0.25) is 9.79 Å². The maximum Gasteiger partial charge on any atom is 0.265 e. The fourth-order valence-electron chi connectivity index (χ4n) is 2.66. The Balaban J connectivity index is 2.35. The highest BCUT2D eigenvalue weighted by molar-refractivity contribution is 6.31. The molecule has 0 spiro atoms. The standard InChI is InChI=1S/C19H17ClN2O3/c1-12-6-7-13(10-17(12)20)22-18(24)15-5-3-2-4-14(15)16(19(22)25)11-21-8-9-23/h2-7,10-11,23,25H,8-9H2,1H3. The van der Waals surface area contributed by atoms with E-state index in [4.69, 9.17) is 16.7 Å². The Bertz CT molecular complexity index is 1030. The summed E-state index contributed by atoms with van der Waals surface area (Å²) in [4.78, 5) is 17.0. The number of pyridine rings is 1. The van der Waals surface area contributed by atoms with Gasteiger partial charge in [-0.15, -0.1) is 0 Å². The lowest BCUT2D eigenvalue weighted by atomic mass is 10.1. The lowest BCUT2D eigenvalue weighted by Crippen LogP contribution is -2.20. The SMILES string of the molecule is Cc1ccc(-n2c(O)c(C=NCCO)c3ccccc3c2=O)cc1Cl. The third-order valence-electron chi connectivity index (χ3n) is 3.97. The van der Waals surface area contributed by atoms with E-state index < -0.39 is 0 Å². The van der Waals surface area contributed by atoms with Crippen molar-refractivity contribution in [2.45, 2.75) is 6.92 Å². The molecule has 0 bridgehead atoms. The Hall–Kier alpha value is -2.63. The van der Waals surface area contributed by atoms with Crippen LogP contribution in [0.3, 0.4) is 0 Å². The molecule has 2 N–H and O–H groups in total. The largest absolute Gasteiger partial charge is 0.494 e. The summed E-state index contributed by atoms with van der Waals surface area (Å²) in [5.41, 5.74) is 1.43. The Kier molecular flexibility index (Phi) is 4.88. The van der Waals surface area contributed by atoms with E-state index in [2.05, 4.69) is 4.99 Å². The van der Waals surface area contributed by atoms with Gasteiger partial charge < -0.3 is 10.2 Å². The number of aryl methyl sites for hydroxylation is 1. The molecule has 6 heteroatoms. The van der Waals surface area contributed by atoms with E-state index in [0.29, 0.717) is 27.0 Å². The number of benzene rings is 2. The van der Waals surface area contributed by atoms with Crippen molar-refractivity contribution in [1.82, 2.24) is 4.57 Å². The quantitative estimate of drug-likeness (QED) is 0.705. The Morgan fingerprint density at radius 2 is 1.92 bits per heavy atom. The molecule has 0 aliphatic rings. The summed E-state index contributed by atoms with van der Waals surface area (Å²) < 4.78 is 1.22. The van der Waals surface area contributed by atoms with E-state index >= 15 is 0 Å². The molecular formula is C19H17ClN2O3.